The minimum atomic E-state index is -4.77. The lowest BCUT2D eigenvalue weighted by molar-refractivity contribution is 0.103. The summed E-state index contributed by atoms with van der Waals surface area (Å²) in [7, 11) is -9.17. The number of ketones is 1. The first-order valence-electron chi connectivity index (χ1n) is 8.69. The lowest BCUT2D eigenvalue weighted by atomic mass is 9.99. The summed E-state index contributed by atoms with van der Waals surface area (Å²) in [4.78, 5) is 11.9. The summed E-state index contributed by atoms with van der Waals surface area (Å²) < 4.78 is 70.1. The second-order valence-corrected chi connectivity index (χ2v) is 9.44. The van der Waals surface area contributed by atoms with Crippen molar-refractivity contribution in [2.45, 2.75) is 23.6 Å². The fraction of sp³-hybridized carbons (Fsp3) is 0.0952. The number of carbonyl (C=O) groups excluding carboxylic acids is 1. The molecule has 0 saturated carbocycles. The lowest BCUT2D eigenvalue weighted by Crippen LogP contribution is -2.07. The number of ether oxygens (including phenoxy) is 1. The number of aryl methyl sites for hydroxylation is 1. The first-order valence-corrected chi connectivity index (χ1v) is 11.6. The van der Waals surface area contributed by atoms with E-state index in [1.807, 2.05) is 0 Å². The third-order valence-electron chi connectivity index (χ3n) is 4.29. The van der Waals surface area contributed by atoms with Crippen LogP contribution in [0.25, 0.3) is 0 Å². The molecule has 3 aromatic carbocycles. The smallest absolute Gasteiger partial charge is 0.298 e. The fourth-order valence-electron chi connectivity index (χ4n) is 2.75. The van der Waals surface area contributed by atoms with Crippen LogP contribution in [0.5, 0.6) is 11.5 Å². The van der Waals surface area contributed by atoms with E-state index in [1.165, 1.54) is 24.3 Å². The monoisotopic (exact) mass is 460 g/mol. The molecule has 0 atom stereocenters. The van der Waals surface area contributed by atoms with E-state index in [2.05, 4.69) is 12.1 Å². The second-order valence-electron chi connectivity index (χ2n) is 6.63. The number of hydrogen-bond donors (Lipinski definition) is 2. The van der Waals surface area contributed by atoms with Crippen molar-refractivity contribution in [3.8, 4) is 11.5 Å². The molecule has 0 aliphatic rings. The van der Waals surface area contributed by atoms with Crippen molar-refractivity contribution >= 4 is 26.0 Å². The van der Waals surface area contributed by atoms with E-state index < -0.39 is 30.9 Å². The average Bonchev–Trinajstić information content (AvgIpc) is 2.68. The molecule has 0 heterocycles. The summed E-state index contributed by atoms with van der Waals surface area (Å²) in [6.07, 6.45) is 0. The summed E-state index contributed by atoms with van der Waals surface area (Å²) in [6, 6.07) is 15.3. The van der Waals surface area contributed by atoms with Crippen molar-refractivity contribution in [3.63, 3.8) is 0 Å². The van der Waals surface area contributed by atoms with Crippen LogP contribution in [0.1, 0.15) is 27.0 Å². The number of benzene rings is 2. The van der Waals surface area contributed by atoms with E-state index in [0.29, 0.717) is 16.7 Å². The van der Waals surface area contributed by atoms with Crippen molar-refractivity contribution in [1.29, 1.82) is 0 Å². The molecule has 0 unspecified atom stereocenters. The van der Waals surface area contributed by atoms with Gasteiger partial charge >= 0.3 is 0 Å². The Bertz CT molecular complexity index is 1370. The quantitative estimate of drug-likeness (QED) is 0.422. The molecule has 10 heteroatoms. The molecule has 0 amide bonds. The molecule has 0 aliphatic heterocycles. The van der Waals surface area contributed by atoms with Gasteiger partial charge in [-0.25, -0.2) is 0 Å². The highest BCUT2D eigenvalue weighted by atomic mass is 32.2. The maximum absolute atomic E-state index is 12.9. The topological polar surface area (TPSA) is 135 Å². The summed E-state index contributed by atoms with van der Waals surface area (Å²) >= 11 is 0. The Balaban J connectivity index is 2.01. The van der Waals surface area contributed by atoms with E-state index in [9.17, 15) is 26.2 Å². The Hall–Kier alpha value is -3.23. The predicted molar refractivity (Wildman–Crippen MR) is 110 cm³/mol. The van der Waals surface area contributed by atoms with Gasteiger partial charge in [-0.2, -0.15) is 16.8 Å². The SMILES string of the molecule is Cc1c#cc(C)c(C(=O)c2ccc(Oc3ccc(S(=O)(=O)O)cc3)c(S(=O)(=O)O)c2)c1. The highest BCUT2D eigenvalue weighted by Gasteiger charge is 2.22. The van der Waals surface area contributed by atoms with Crippen LogP contribution in [-0.2, 0) is 20.2 Å². The first kappa shape index (κ1) is 22.5. The lowest BCUT2D eigenvalue weighted by Gasteiger charge is -2.12. The van der Waals surface area contributed by atoms with Gasteiger partial charge in [-0.1, -0.05) is 12.1 Å². The normalized spacial score (nSPS) is 11.6. The molecule has 3 rings (SSSR count). The Morgan fingerprint density at radius 1 is 0.871 bits per heavy atom. The molecule has 0 aromatic heterocycles. The molecule has 2 N–H and O–H groups in total. The van der Waals surface area contributed by atoms with Crippen LogP contribution in [0.3, 0.4) is 0 Å². The van der Waals surface area contributed by atoms with Gasteiger partial charge in [0.25, 0.3) is 20.2 Å². The highest BCUT2D eigenvalue weighted by Crippen LogP contribution is 2.31. The molecule has 160 valence electrons. The van der Waals surface area contributed by atoms with Crippen molar-refractivity contribution in [2.24, 2.45) is 0 Å². The Labute approximate surface area is 179 Å². The molecule has 0 fully saturated rings. The zero-order valence-corrected chi connectivity index (χ0v) is 17.9. The molecule has 8 nitrogen and oxygen atoms in total. The van der Waals surface area contributed by atoms with E-state index >= 15 is 0 Å². The van der Waals surface area contributed by atoms with Crippen molar-refractivity contribution < 1.29 is 35.5 Å². The number of carbonyl (C=O) groups is 1. The predicted octanol–water partition coefficient (Wildman–Crippen LogP) is 3.42. The van der Waals surface area contributed by atoms with Crippen LogP contribution in [0.15, 0.2) is 58.3 Å². The average molecular weight is 460 g/mol. The summed E-state index contributed by atoms with van der Waals surface area (Å²) in [5.74, 6) is -0.713. The molecule has 3 aromatic rings. The maximum atomic E-state index is 12.9. The van der Waals surface area contributed by atoms with Crippen LogP contribution in [0.4, 0.5) is 0 Å². The number of rotatable bonds is 6. The molecule has 0 bridgehead atoms. The van der Waals surface area contributed by atoms with Gasteiger partial charge in [0, 0.05) is 22.3 Å². The molecule has 31 heavy (non-hydrogen) atoms. The van der Waals surface area contributed by atoms with Crippen molar-refractivity contribution in [3.05, 3.63) is 82.9 Å². The maximum Gasteiger partial charge on any atom is 0.298 e. The summed E-state index contributed by atoms with van der Waals surface area (Å²) in [5, 5.41) is 0. The minimum absolute atomic E-state index is 0.00352. The molecule has 0 aliphatic carbocycles. The largest absolute Gasteiger partial charge is 0.456 e. The zero-order valence-electron chi connectivity index (χ0n) is 16.3. The van der Waals surface area contributed by atoms with Crippen LogP contribution in [-0.4, -0.2) is 31.7 Å². The zero-order chi connectivity index (χ0) is 23.0. The first-order chi connectivity index (χ1) is 14.4. The van der Waals surface area contributed by atoms with E-state index in [0.717, 1.165) is 18.2 Å². The van der Waals surface area contributed by atoms with Gasteiger partial charge in [-0.05, 0) is 62.4 Å². The molecule has 0 saturated heterocycles. The van der Waals surface area contributed by atoms with Crippen LogP contribution >= 0.6 is 0 Å². The van der Waals surface area contributed by atoms with Gasteiger partial charge in [0.15, 0.2) is 5.78 Å². The molecular formula is C21H16O8S2. The van der Waals surface area contributed by atoms with E-state index in [1.54, 1.807) is 19.9 Å². The van der Waals surface area contributed by atoms with Crippen LogP contribution < -0.4 is 4.74 Å². The molecule has 0 radical (unpaired) electrons. The van der Waals surface area contributed by atoms with E-state index in [-0.39, 0.29) is 22.0 Å². The summed E-state index contributed by atoms with van der Waals surface area (Å²) in [6.45, 7) is 3.40. The third kappa shape index (κ3) is 5.10. The van der Waals surface area contributed by atoms with Crippen molar-refractivity contribution in [1.82, 2.24) is 0 Å². The van der Waals surface area contributed by atoms with Crippen molar-refractivity contribution in [2.75, 3.05) is 0 Å². The minimum Gasteiger partial charge on any atom is -0.456 e. The standard InChI is InChI=1S/C21H16O8S2/c1-13-3-4-14(2)18(11-13)21(22)15-5-10-19(20(12-15)31(26,27)28)29-16-6-8-17(9-7-16)30(23,24)25/h5-12H,1-2H3,(H,23,24,25)(H,26,27,28). The Morgan fingerprint density at radius 3 is 2.10 bits per heavy atom. The highest BCUT2D eigenvalue weighted by molar-refractivity contribution is 7.86. The van der Waals surface area contributed by atoms with Gasteiger partial charge < -0.3 is 4.74 Å². The Kier molecular flexibility index (Phi) is 5.89. The van der Waals surface area contributed by atoms with Gasteiger partial charge in [-0.15, -0.1) is 0 Å². The van der Waals surface area contributed by atoms with Gasteiger partial charge in [0.1, 0.15) is 16.4 Å². The van der Waals surface area contributed by atoms with Gasteiger partial charge in [0.05, 0.1) is 4.90 Å². The molecule has 0 spiro atoms. The van der Waals surface area contributed by atoms with Gasteiger partial charge in [-0.3, -0.25) is 13.9 Å². The second kappa shape index (κ2) is 8.13. The number of hydrogen-bond acceptors (Lipinski definition) is 6. The van der Waals surface area contributed by atoms with E-state index in [4.69, 9.17) is 9.29 Å². The van der Waals surface area contributed by atoms with Crippen LogP contribution in [0, 0.1) is 26.0 Å². The Morgan fingerprint density at radius 2 is 1.52 bits per heavy atom. The fourth-order valence-corrected chi connectivity index (χ4v) is 3.87. The third-order valence-corrected chi connectivity index (χ3v) is 6.03. The van der Waals surface area contributed by atoms with Crippen LogP contribution in [0.2, 0.25) is 0 Å². The molecular weight excluding hydrogens is 444 g/mol. The van der Waals surface area contributed by atoms with Gasteiger partial charge in [0.2, 0.25) is 0 Å². The summed E-state index contributed by atoms with van der Waals surface area (Å²) in [5.41, 5.74) is 1.52.